The second kappa shape index (κ2) is 8.94. The first-order valence-corrected chi connectivity index (χ1v) is 9.63. The van der Waals surface area contributed by atoms with Crippen LogP contribution in [0, 0.1) is 11.3 Å². The standard InChI is InChI=1S/C21H21ClN2O4/c1-2-27-20(25)11-16-6-4-14-10-15(5-8-19(14)28-16)24-21(26)17-7-3-13(12-23)9-18(17)22/h3,7,9-10,16H,2,4-6,8,11H2,1H3,(H,24,26). The Bertz CT molecular complexity index is 898. The maximum atomic E-state index is 12.5. The lowest BCUT2D eigenvalue weighted by molar-refractivity contribution is -0.146. The first-order valence-electron chi connectivity index (χ1n) is 9.26. The maximum absolute atomic E-state index is 12.5. The molecule has 1 aromatic carbocycles. The van der Waals surface area contributed by atoms with Crippen LogP contribution in [0.15, 0.2) is 41.3 Å². The number of allylic oxidation sites excluding steroid dienone is 4. The fourth-order valence-electron chi connectivity index (χ4n) is 3.32. The lowest BCUT2D eigenvalue weighted by atomic mass is 9.93. The Labute approximate surface area is 168 Å². The Hall–Kier alpha value is -2.78. The second-order valence-electron chi connectivity index (χ2n) is 6.67. The molecule has 1 N–H and O–H groups in total. The number of carbonyl (C=O) groups excluding carboxylic acids is 2. The Balaban J connectivity index is 1.64. The molecule has 6 nitrogen and oxygen atoms in total. The van der Waals surface area contributed by atoms with Gasteiger partial charge in [-0.1, -0.05) is 11.6 Å². The molecule has 1 aliphatic heterocycles. The van der Waals surface area contributed by atoms with Crippen molar-refractivity contribution in [3.63, 3.8) is 0 Å². The molecule has 1 aliphatic carbocycles. The molecule has 1 unspecified atom stereocenters. The third-order valence-electron chi connectivity index (χ3n) is 4.69. The van der Waals surface area contributed by atoms with Crippen LogP contribution in [0.25, 0.3) is 0 Å². The molecule has 0 bridgehead atoms. The van der Waals surface area contributed by atoms with Gasteiger partial charge in [0.15, 0.2) is 0 Å². The minimum Gasteiger partial charge on any atom is -0.494 e. The molecule has 0 aromatic heterocycles. The number of esters is 1. The SMILES string of the molecule is CCOC(=O)CC1CCC2=C(CCC(NC(=O)c3ccc(C#N)cc3Cl)=C2)O1. The number of hydrogen-bond donors (Lipinski definition) is 1. The van der Waals surface area contributed by atoms with Crippen LogP contribution in [0.2, 0.25) is 5.02 Å². The van der Waals surface area contributed by atoms with Gasteiger partial charge in [-0.3, -0.25) is 9.59 Å². The Morgan fingerprint density at radius 2 is 2.18 bits per heavy atom. The van der Waals surface area contributed by atoms with E-state index in [-0.39, 0.29) is 29.4 Å². The molecule has 0 spiro atoms. The molecule has 2 aliphatic rings. The van der Waals surface area contributed by atoms with E-state index in [2.05, 4.69) is 5.32 Å². The molecule has 0 saturated carbocycles. The van der Waals surface area contributed by atoms with Gasteiger partial charge in [-0.15, -0.1) is 0 Å². The van der Waals surface area contributed by atoms with Gasteiger partial charge in [-0.2, -0.15) is 5.26 Å². The van der Waals surface area contributed by atoms with Crippen LogP contribution in [-0.2, 0) is 14.3 Å². The van der Waals surface area contributed by atoms with Crippen LogP contribution in [-0.4, -0.2) is 24.6 Å². The lowest BCUT2D eigenvalue weighted by Crippen LogP contribution is -2.28. The first kappa shape index (κ1) is 20.0. The molecule has 0 saturated heterocycles. The zero-order valence-corrected chi connectivity index (χ0v) is 16.3. The number of nitriles is 1. The van der Waals surface area contributed by atoms with Gasteiger partial charge < -0.3 is 14.8 Å². The lowest BCUT2D eigenvalue weighted by Gasteiger charge is -2.30. The van der Waals surface area contributed by atoms with Gasteiger partial charge in [0.05, 0.1) is 35.2 Å². The number of ether oxygens (including phenoxy) is 2. The average Bonchev–Trinajstić information content (AvgIpc) is 2.68. The van der Waals surface area contributed by atoms with E-state index in [9.17, 15) is 9.59 Å². The third kappa shape index (κ3) is 4.73. The van der Waals surface area contributed by atoms with Crippen molar-refractivity contribution in [3.05, 3.63) is 57.5 Å². The highest BCUT2D eigenvalue weighted by atomic mass is 35.5. The Kier molecular flexibility index (Phi) is 6.37. The minimum absolute atomic E-state index is 0.153. The number of carbonyl (C=O) groups is 2. The molecule has 1 atom stereocenters. The minimum atomic E-state index is -0.304. The molecule has 1 heterocycles. The highest BCUT2D eigenvalue weighted by Gasteiger charge is 2.27. The third-order valence-corrected chi connectivity index (χ3v) is 5.00. The normalized spacial score (nSPS) is 18.3. The summed E-state index contributed by atoms with van der Waals surface area (Å²) in [6.45, 7) is 2.15. The predicted molar refractivity (Wildman–Crippen MR) is 103 cm³/mol. The second-order valence-corrected chi connectivity index (χ2v) is 7.07. The topological polar surface area (TPSA) is 88.4 Å². The van der Waals surface area contributed by atoms with Gasteiger partial charge >= 0.3 is 5.97 Å². The molecule has 1 aromatic rings. The molecule has 146 valence electrons. The van der Waals surface area contributed by atoms with Crippen LogP contribution in [0.1, 0.15) is 54.9 Å². The van der Waals surface area contributed by atoms with Gasteiger partial charge in [-0.25, -0.2) is 0 Å². The van der Waals surface area contributed by atoms with Crippen molar-refractivity contribution in [1.29, 1.82) is 5.26 Å². The van der Waals surface area contributed by atoms with Crippen molar-refractivity contribution < 1.29 is 19.1 Å². The monoisotopic (exact) mass is 400 g/mol. The van der Waals surface area contributed by atoms with Crippen molar-refractivity contribution in [2.24, 2.45) is 0 Å². The zero-order valence-electron chi connectivity index (χ0n) is 15.6. The fourth-order valence-corrected chi connectivity index (χ4v) is 3.59. The summed E-state index contributed by atoms with van der Waals surface area (Å²) in [6.07, 6.45) is 4.86. The van der Waals surface area contributed by atoms with Crippen molar-refractivity contribution in [1.82, 2.24) is 5.32 Å². The van der Waals surface area contributed by atoms with Crippen LogP contribution in [0.3, 0.4) is 0 Å². The van der Waals surface area contributed by atoms with Gasteiger partial charge in [0, 0.05) is 12.1 Å². The van der Waals surface area contributed by atoms with Crippen LogP contribution >= 0.6 is 11.6 Å². The summed E-state index contributed by atoms with van der Waals surface area (Å²) in [5.74, 6) is 0.340. The largest absolute Gasteiger partial charge is 0.494 e. The summed E-state index contributed by atoms with van der Waals surface area (Å²) < 4.78 is 10.9. The summed E-state index contributed by atoms with van der Waals surface area (Å²) in [5, 5.41) is 12.0. The van der Waals surface area contributed by atoms with Crippen LogP contribution in [0.5, 0.6) is 0 Å². The van der Waals surface area contributed by atoms with Gasteiger partial charge in [0.1, 0.15) is 11.9 Å². The van der Waals surface area contributed by atoms with Crippen LogP contribution < -0.4 is 5.32 Å². The first-order chi connectivity index (χ1) is 13.5. The quantitative estimate of drug-likeness (QED) is 0.754. The number of amides is 1. The number of benzene rings is 1. The molecule has 3 rings (SSSR count). The van der Waals surface area contributed by atoms with Gasteiger partial charge in [0.2, 0.25) is 0 Å². The van der Waals surface area contributed by atoms with E-state index in [1.807, 2.05) is 12.1 Å². The molecule has 28 heavy (non-hydrogen) atoms. The molecule has 0 radical (unpaired) electrons. The van der Waals surface area contributed by atoms with Gasteiger partial charge in [-0.05, 0) is 56.0 Å². The molecule has 0 fully saturated rings. The number of nitrogens with zero attached hydrogens (tertiary/aromatic N) is 1. The highest BCUT2D eigenvalue weighted by molar-refractivity contribution is 6.34. The van der Waals surface area contributed by atoms with E-state index < -0.39 is 0 Å². The fraction of sp³-hybridized carbons (Fsp3) is 0.381. The van der Waals surface area contributed by atoms with Crippen molar-refractivity contribution >= 4 is 23.5 Å². The number of hydrogen-bond acceptors (Lipinski definition) is 5. The number of rotatable bonds is 5. The van der Waals surface area contributed by atoms with E-state index in [1.165, 1.54) is 6.07 Å². The van der Waals surface area contributed by atoms with Crippen LogP contribution in [0.4, 0.5) is 0 Å². The van der Waals surface area contributed by atoms with E-state index in [1.54, 1.807) is 19.1 Å². The van der Waals surface area contributed by atoms with E-state index in [0.717, 1.165) is 29.9 Å². The Morgan fingerprint density at radius 1 is 1.36 bits per heavy atom. The molecular formula is C21H21ClN2O4. The van der Waals surface area contributed by atoms with E-state index in [0.29, 0.717) is 30.6 Å². The number of halogens is 1. The van der Waals surface area contributed by atoms with Gasteiger partial charge in [0.25, 0.3) is 5.91 Å². The average molecular weight is 401 g/mol. The van der Waals surface area contributed by atoms with Crippen molar-refractivity contribution in [2.75, 3.05) is 6.61 Å². The summed E-state index contributed by atoms with van der Waals surface area (Å²) in [4.78, 5) is 24.2. The summed E-state index contributed by atoms with van der Waals surface area (Å²) in [5.41, 5.74) is 2.59. The summed E-state index contributed by atoms with van der Waals surface area (Å²) in [6, 6.07) is 6.58. The molecule has 7 heteroatoms. The zero-order chi connectivity index (χ0) is 20.1. The van der Waals surface area contributed by atoms with Crippen molar-refractivity contribution in [3.8, 4) is 6.07 Å². The van der Waals surface area contributed by atoms with E-state index in [4.69, 9.17) is 26.3 Å². The summed E-state index contributed by atoms with van der Waals surface area (Å²) in [7, 11) is 0. The predicted octanol–water partition coefficient (Wildman–Crippen LogP) is 4.01. The molecular weight excluding hydrogens is 380 g/mol. The van der Waals surface area contributed by atoms with E-state index >= 15 is 0 Å². The molecule has 1 amide bonds. The maximum Gasteiger partial charge on any atom is 0.309 e. The number of nitrogens with one attached hydrogen (secondary N) is 1. The van der Waals surface area contributed by atoms with Crippen molar-refractivity contribution in [2.45, 2.75) is 45.1 Å². The highest BCUT2D eigenvalue weighted by Crippen LogP contribution is 2.34. The summed E-state index contributed by atoms with van der Waals surface area (Å²) >= 11 is 6.11. The Morgan fingerprint density at radius 3 is 2.89 bits per heavy atom. The smallest absolute Gasteiger partial charge is 0.309 e.